The maximum absolute atomic E-state index is 12.5. The highest BCUT2D eigenvalue weighted by molar-refractivity contribution is 9.10. The van der Waals surface area contributed by atoms with Gasteiger partial charge in [0.1, 0.15) is 11.3 Å². The van der Waals surface area contributed by atoms with Gasteiger partial charge in [-0.25, -0.2) is 4.98 Å². The largest absolute Gasteiger partial charge is 0.438 e. The van der Waals surface area contributed by atoms with E-state index in [0.29, 0.717) is 23.7 Å². The Morgan fingerprint density at radius 2 is 2.04 bits per heavy atom. The molecule has 24 heavy (non-hydrogen) atoms. The molecule has 132 valence electrons. The van der Waals surface area contributed by atoms with E-state index < -0.39 is 0 Å². The van der Waals surface area contributed by atoms with Crippen LogP contribution in [0.25, 0.3) is 0 Å². The first-order chi connectivity index (χ1) is 10.6. The predicted octanol–water partition coefficient (Wildman–Crippen LogP) is 3.77. The maximum atomic E-state index is 12.5. The summed E-state index contributed by atoms with van der Waals surface area (Å²) in [4.78, 5) is 18.3. The molecule has 0 fully saturated rings. The number of carbonyl (C=O) groups excluding carboxylic acids is 1. The van der Waals surface area contributed by atoms with Crippen LogP contribution >= 0.6 is 40.7 Å². The van der Waals surface area contributed by atoms with E-state index in [0.717, 1.165) is 11.0 Å². The predicted molar refractivity (Wildman–Crippen MR) is 104 cm³/mol. The number of pyridine rings is 1. The van der Waals surface area contributed by atoms with Gasteiger partial charge < -0.3 is 15.0 Å². The Hall–Kier alpha value is -1.34. The van der Waals surface area contributed by atoms with Crippen LogP contribution in [0.2, 0.25) is 0 Å². The number of hydrogen-bond donors (Lipinski definition) is 1. The molecule has 0 saturated carbocycles. The fourth-order valence-electron chi connectivity index (χ4n) is 1.86. The fourth-order valence-corrected chi connectivity index (χ4v) is 2.24. The van der Waals surface area contributed by atoms with Crippen molar-refractivity contribution in [2.75, 3.05) is 27.2 Å². The van der Waals surface area contributed by atoms with Crippen molar-refractivity contribution in [3.8, 4) is 11.6 Å². The van der Waals surface area contributed by atoms with Crippen molar-refractivity contribution in [3.63, 3.8) is 0 Å². The van der Waals surface area contributed by atoms with Gasteiger partial charge in [-0.3, -0.25) is 4.79 Å². The molecular formula is C16H20BrCl2N3O2. The summed E-state index contributed by atoms with van der Waals surface area (Å²) in [6, 6.07) is 10.9. The first-order valence-corrected chi connectivity index (χ1v) is 7.69. The van der Waals surface area contributed by atoms with Gasteiger partial charge in [-0.2, -0.15) is 0 Å². The van der Waals surface area contributed by atoms with Crippen molar-refractivity contribution in [1.82, 2.24) is 15.2 Å². The number of benzene rings is 1. The Morgan fingerprint density at radius 3 is 2.71 bits per heavy atom. The number of amides is 1. The van der Waals surface area contributed by atoms with Crippen LogP contribution in [0.4, 0.5) is 0 Å². The van der Waals surface area contributed by atoms with E-state index in [2.05, 4.69) is 26.2 Å². The minimum atomic E-state index is -0.117. The average molecular weight is 437 g/mol. The van der Waals surface area contributed by atoms with E-state index in [4.69, 9.17) is 4.74 Å². The van der Waals surface area contributed by atoms with Crippen LogP contribution in [0.5, 0.6) is 11.6 Å². The van der Waals surface area contributed by atoms with Gasteiger partial charge in [-0.15, -0.1) is 24.8 Å². The summed E-state index contributed by atoms with van der Waals surface area (Å²) < 4.78 is 6.66. The van der Waals surface area contributed by atoms with Gasteiger partial charge in [-0.05, 0) is 37.4 Å². The summed E-state index contributed by atoms with van der Waals surface area (Å²) in [5, 5.41) is 3.02. The normalized spacial score (nSPS) is 9.46. The summed E-state index contributed by atoms with van der Waals surface area (Å²) in [5.74, 6) is 0.815. The number of rotatable bonds is 6. The highest BCUT2D eigenvalue weighted by Gasteiger charge is 2.17. The van der Waals surface area contributed by atoms with Crippen molar-refractivity contribution < 1.29 is 9.53 Å². The number of halogens is 3. The first-order valence-electron chi connectivity index (χ1n) is 6.90. The zero-order valence-corrected chi connectivity index (χ0v) is 16.6. The van der Waals surface area contributed by atoms with Crippen molar-refractivity contribution in [2.45, 2.75) is 0 Å². The van der Waals surface area contributed by atoms with Gasteiger partial charge in [0.15, 0.2) is 0 Å². The molecule has 0 unspecified atom stereocenters. The highest BCUT2D eigenvalue weighted by Crippen LogP contribution is 2.26. The van der Waals surface area contributed by atoms with Crippen molar-refractivity contribution in [1.29, 1.82) is 0 Å². The van der Waals surface area contributed by atoms with E-state index in [1.807, 2.05) is 31.3 Å². The standard InChI is InChI=1S/C16H18BrN3O2.2ClH/c1-18-9-10-20(2)16(21)14-7-4-8-19-15(14)22-13-6-3-5-12(17)11-13;;/h3-8,11,18H,9-10H2,1-2H3;2*1H. The molecule has 0 aliphatic heterocycles. The number of ether oxygens (including phenoxy) is 1. The van der Waals surface area contributed by atoms with Gasteiger partial charge in [0.05, 0.1) is 0 Å². The zero-order chi connectivity index (χ0) is 15.9. The van der Waals surface area contributed by atoms with Crippen LogP contribution in [0.15, 0.2) is 47.1 Å². The zero-order valence-electron chi connectivity index (χ0n) is 13.4. The number of likely N-dealkylation sites (N-methyl/N-ethyl adjacent to an activating group) is 2. The Morgan fingerprint density at radius 1 is 1.29 bits per heavy atom. The lowest BCUT2D eigenvalue weighted by atomic mass is 10.2. The molecule has 0 saturated heterocycles. The van der Waals surface area contributed by atoms with Crippen LogP contribution in [0, 0.1) is 0 Å². The van der Waals surface area contributed by atoms with E-state index >= 15 is 0 Å². The quantitative estimate of drug-likeness (QED) is 0.748. The van der Waals surface area contributed by atoms with Gasteiger partial charge in [0.25, 0.3) is 5.91 Å². The van der Waals surface area contributed by atoms with Crippen molar-refractivity contribution in [2.24, 2.45) is 0 Å². The third-order valence-corrected chi connectivity index (χ3v) is 3.55. The summed E-state index contributed by atoms with van der Waals surface area (Å²) in [7, 11) is 3.61. The summed E-state index contributed by atoms with van der Waals surface area (Å²) in [5.41, 5.74) is 0.445. The molecule has 5 nitrogen and oxygen atoms in total. The number of nitrogens with zero attached hydrogens (tertiary/aromatic N) is 2. The number of hydrogen-bond acceptors (Lipinski definition) is 4. The molecule has 1 N–H and O–H groups in total. The summed E-state index contributed by atoms with van der Waals surface area (Å²) in [6.07, 6.45) is 1.61. The van der Waals surface area contributed by atoms with E-state index in [-0.39, 0.29) is 30.7 Å². The van der Waals surface area contributed by atoms with E-state index in [1.165, 1.54) is 0 Å². The minimum Gasteiger partial charge on any atom is -0.438 e. The number of carbonyl (C=O) groups is 1. The second kappa shape index (κ2) is 11.3. The van der Waals surface area contributed by atoms with Crippen LogP contribution in [0.3, 0.4) is 0 Å². The SMILES string of the molecule is CNCCN(C)C(=O)c1cccnc1Oc1cccc(Br)c1.Cl.Cl. The highest BCUT2D eigenvalue weighted by atomic mass is 79.9. The number of nitrogens with one attached hydrogen (secondary N) is 1. The van der Waals surface area contributed by atoms with Crippen molar-refractivity contribution >= 4 is 46.7 Å². The fraction of sp³-hybridized carbons (Fsp3) is 0.250. The Bertz CT molecular complexity index is 659. The molecule has 0 bridgehead atoms. The lowest BCUT2D eigenvalue weighted by Crippen LogP contribution is -2.33. The van der Waals surface area contributed by atoms with Crippen LogP contribution in [0.1, 0.15) is 10.4 Å². The van der Waals surface area contributed by atoms with Crippen molar-refractivity contribution in [3.05, 3.63) is 52.6 Å². The number of aromatic nitrogens is 1. The van der Waals surface area contributed by atoms with Crippen LogP contribution in [-0.4, -0.2) is 43.0 Å². The lowest BCUT2D eigenvalue weighted by molar-refractivity contribution is 0.0793. The van der Waals surface area contributed by atoms with Gasteiger partial charge in [0.2, 0.25) is 5.88 Å². The minimum absolute atomic E-state index is 0. The smallest absolute Gasteiger partial charge is 0.259 e. The summed E-state index contributed by atoms with van der Waals surface area (Å²) >= 11 is 3.39. The second-order valence-electron chi connectivity index (χ2n) is 4.75. The molecular weight excluding hydrogens is 417 g/mol. The molecule has 1 amide bonds. The molecule has 1 aromatic heterocycles. The molecule has 2 rings (SSSR count). The van der Waals surface area contributed by atoms with Crippen LogP contribution in [-0.2, 0) is 0 Å². The topological polar surface area (TPSA) is 54.5 Å². The Kier molecular flexibility index (Phi) is 10.6. The molecule has 1 heterocycles. The molecule has 0 aliphatic rings. The third kappa shape index (κ3) is 6.28. The summed E-state index contributed by atoms with van der Waals surface area (Å²) in [6.45, 7) is 1.34. The molecule has 2 aromatic rings. The first kappa shape index (κ1) is 22.7. The Labute approximate surface area is 162 Å². The molecule has 0 spiro atoms. The third-order valence-electron chi connectivity index (χ3n) is 3.06. The monoisotopic (exact) mass is 435 g/mol. The van der Waals surface area contributed by atoms with E-state index in [1.54, 1.807) is 30.3 Å². The van der Waals surface area contributed by atoms with Gasteiger partial charge in [-0.1, -0.05) is 22.0 Å². The molecule has 8 heteroatoms. The van der Waals surface area contributed by atoms with Gasteiger partial charge >= 0.3 is 0 Å². The molecule has 0 radical (unpaired) electrons. The molecule has 0 aliphatic carbocycles. The van der Waals surface area contributed by atoms with E-state index in [9.17, 15) is 4.79 Å². The average Bonchev–Trinajstić information content (AvgIpc) is 2.52. The Balaban J connectivity index is 0.00000264. The molecule has 1 aromatic carbocycles. The maximum Gasteiger partial charge on any atom is 0.259 e. The van der Waals surface area contributed by atoms with Crippen LogP contribution < -0.4 is 10.1 Å². The second-order valence-corrected chi connectivity index (χ2v) is 5.66. The lowest BCUT2D eigenvalue weighted by Gasteiger charge is -2.18. The van der Waals surface area contributed by atoms with Gasteiger partial charge in [0, 0.05) is 30.8 Å². The molecule has 0 atom stereocenters.